The average molecular weight is 374 g/mol. The summed E-state index contributed by atoms with van der Waals surface area (Å²) in [6.07, 6.45) is 2.88. The van der Waals surface area contributed by atoms with Crippen molar-refractivity contribution in [3.05, 3.63) is 47.0 Å². The number of guanidine groups is 1. The van der Waals surface area contributed by atoms with Gasteiger partial charge in [-0.1, -0.05) is 31.2 Å². The molecule has 0 saturated carbocycles. The van der Waals surface area contributed by atoms with Gasteiger partial charge in [-0.3, -0.25) is 0 Å². The second-order valence-corrected chi connectivity index (χ2v) is 7.16. The summed E-state index contributed by atoms with van der Waals surface area (Å²) in [4.78, 5) is 13.5. The summed E-state index contributed by atoms with van der Waals surface area (Å²) in [5.74, 6) is 0.619. The van der Waals surface area contributed by atoms with Gasteiger partial charge in [-0.05, 0) is 17.5 Å². The molecule has 0 spiro atoms. The first-order valence-corrected chi connectivity index (χ1v) is 9.99. The summed E-state index contributed by atoms with van der Waals surface area (Å²) in [5.41, 5.74) is 8.61. The van der Waals surface area contributed by atoms with Crippen molar-refractivity contribution < 1.29 is 4.74 Å². The van der Waals surface area contributed by atoms with E-state index >= 15 is 0 Å². The maximum Gasteiger partial charge on any atom is 0.191 e. The number of nitrogens with zero attached hydrogens (tertiary/aromatic N) is 4. The van der Waals surface area contributed by atoms with Gasteiger partial charge in [0.1, 0.15) is 0 Å². The number of ether oxygens (including phenoxy) is 1. The first-order chi connectivity index (χ1) is 12.8. The molecule has 1 aliphatic rings. The summed E-state index contributed by atoms with van der Waals surface area (Å²) in [5, 5.41) is 3.10. The molecule has 7 heteroatoms. The van der Waals surface area contributed by atoms with E-state index in [1.165, 1.54) is 11.1 Å². The van der Waals surface area contributed by atoms with E-state index in [4.69, 9.17) is 10.5 Å². The van der Waals surface area contributed by atoms with Crippen LogP contribution in [0, 0.1) is 0 Å². The lowest BCUT2D eigenvalue weighted by atomic mass is 10.1. The Balaban J connectivity index is 1.54. The number of aliphatic imine (C=N–C) groups is 1. The minimum atomic E-state index is 0.587. The molecular weight excluding hydrogens is 346 g/mol. The zero-order valence-corrected chi connectivity index (χ0v) is 16.1. The second-order valence-electron chi connectivity index (χ2n) is 6.28. The Kier molecular flexibility index (Phi) is 6.85. The molecular formula is C19H27N5OS. The monoisotopic (exact) mass is 373 g/mol. The van der Waals surface area contributed by atoms with Crippen LogP contribution in [-0.2, 0) is 17.9 Å². The van der Waals surface area contributed by atoms with Crippen LogP contribution in [0.2, 0.25) is 0 Å². The van der Waals surface area contributed by atoms with E-state index in [1.54, 1.807) is 11.3 Å². The smallest absolute Gasteiger partial charge is 0.191 e. The van der Waals surface area contributed by atoms with Crippen LogP contribution >= 0.6 is 11.3 Å². The van der Waals surface area contributed by atoms with E-state index in [1.807, 2.05) is 23.7 Å². The molecule has 3 rings (SSSR count). The van der Waals surface area contributed by atoms with Crippen LogP contribution in [0.3, 0.4) is 0 Å². The molecule has 0 atom stereocenters. The van der Waals surface area contributed by atoms with E-state index in [2.05, 4.69) is 38.8 Å². The SMILES string of the molecule is CCCOCc1ccccc1CN=C(N)N1CCN(c2nccs2)CC1. The fourth-order valence-electron chi connectivity index (χ4n) is 2.94. The van der Waals surface area contributed by atoms with Gasteiger partial charge in [0.05, 0.1) is 13.2 Å². The third kappa shape index (κ3) is 4.95. The molecule has 2 aromatic rings. The van der Waals surface area contributed by atoms with E-state index in [0.717, 1.165) is 44.3 Å². The van der Waals surface area contributed by atoms with E-state index in [9.17, 15) is 0 Å². The quantitative estimate of drug-likeness (QED) is 0.459. The molecule has 1 aliphatic heterocycles. The van der Waals surface area contributed by atoms with Crippen molar-refractivity contribution in [3.63, 3.8) is 0 Å². The van der Waals surface area contributed by atoms with Gasteiger partial charge in [-0.2, -0.15) is 0 Å². The van der Waals surface area contributed by atoms with Gasteiger partial charge in [0.2, 0.25) is 0 Å². The topological polar surface area (TPSA) is 67.0 Å². The fourth-order valence-corrected chi connectivity index (χ4v) is 3.64. The fraction of sp³-hybridized carbons (Fsp3) is 0.474. The number of hydrogen-bond donors (Lipinski definition) is 1. The Labute approximate surface area is 159 Å². The Morgan fingerprint density at radius 3 is 2.69 bits per heavy atom. The predicted molar refractivity (Wildman–Crippen MR) is 108 cm³/mol. The zero-order chi connectivity index (χ0) is 18.2. The molecule has 0 bridgehead atoms. The number of aromatic nitrogens is 1. The molecule has 0 radical (unpaired) electrons. The third-order valence-corrected chi connectivity index (χ3v) is 5.26. The lowest BCUT2D eigenvalue weighted by molar-refractivity contribution is 0.121. The standard InChI is InChI=1S/C19H27N5OS/c1-2-12-25-15-17-6-4-3-5-16(17)14-22-18(20)23-8-10-24(11-9-23)19-21-7-13-26-19/h3-7,13H,2,8-12,14-15H2,1H3,(H2,20,22). The molecule has 1 aromatic heterocycles. The Bertz CT molecular complexity index is 696. The van der Waals surface area contributed by atoms with Crippen molar-refractivity contribution in [3.8, 4) is 0 Å². The van der Waals surface area contributed by atoms with E-state index in [0.29, 0.717) is 19.1 Å². The van der Waals surface area contributed by atoms with Gasteiger partial charge in [0, 0.05) is 44.4 Å². The molecule has 1 saturated heterocycles. The molecule has 2 heterocycles. The number of anilines is 1. The Hall–Kier alpha value is -2.12. The van der Waals surface area contributed by atoms with Gasteiger partial charge in [-0.25, -0.2) is 9.98 Å². The van der Waals surface area contributed by atoms with Crippen molar-refractivity contribution in [1.82, 2.24) is 9.88 Å². The molecule has 0 unspecified atom stereocenters. The lowest BCUT2D eigenvalue weighted by Crippen LogP contribution is -2.51. The summed E-state index contributed by atoms with van der Waals surface area (Å²) in [7, 11) is 0. The molecule has 26 heavy (non-hydrogen) atoms. The molecule has 140 valence electrons. The van der Waals surface area contributed by atoms with Crippen LogP contribution in [0.1, 0.15) is 24.5 Å². The molecule has 6 nitrogen and oxygen atoms in total. The van der Waals surface area contributed by atoms with Crippen molar-refractivity contribution in [2.45, 2.75) is 26.5 Å². The molecule has 1 fully saturated rings. The highest BCUT2D eigenvalue weighted by Gasteiger charge is 2.19. The number of benzene rings is 1. The highest BCUT2D eigenvalue weighted by Crippen LogP contribution is 2.19. The predicted octanol–water partition coefficient (Wildman–Crippen LogP) is 2.71. The normalized spacial score (nSPS) is 15.5. The molecule has 0 amide bonds. The number of thiazole rings is 1. The van der Waals surface area contributed by atoms with E-state index in [-0.39, 0.29) is 0 Å². The summed E-state index contributed by atoms with van der Waals surface area (Å²) in [6, 6.07) is 8.28. The number of rotatable bonds is 7. The minimum absolute atomic E-state index is 0.587. The lowest BCUT2D eigenvalue weighted by Gasteiger charge is -2.35. The third-order valence-electron chi connectivity index (χ3n) is 4.43. The summed E-state index contributed by atoms with van der Waals surface area (Å²) >= 11 is 1.68. The minimum Gasteiger partial charge on any atom is -0.377 e. The second kappa shape index (κ2) is 9.54. The molecule has 0 aliphatic carbocycles. The van der Waals surface area contributed by atoms with E-state index < -0.39 is 0 Å². The van der Waals surface area contributed by atoms with Crippen LogP contribution in [0.25, 0.3) is 0 Å². The van der Waals surface area contributed by atoms with Crippen LogP contribution in [0.5, 0.6) is 0 Å². The van der Waals surface area contributed by atoms with Crippen LogP contribution in [0.15, 0.2) is 40.8 Å². The van der Waals surface area contributed by atoms with Gasteiger partial charge < -0.3 is 20.3 Å². The van der Waals surface area contributed by atoms with Crippen molar-refractivity contribution in [2.24, 2.45) is 10.7 Å². The number of nitrogens with two attached hydrogens (primary N) is 1. The van der Waals surface area contributed by atoms with Gasteiger partial charge >= 0.3 is 0 Å². The van der Waals surface area contributed by atoms with Crippen LogP contribution in [0.4, 0.5) is 5.13 Å². The molecule has 1 aromatic carbocycles. The Morgan fingerprint density at radius 2 is 2.00 bits per heavy atom. The zero-order valence-electron chi connectivity index (χ0n) is 15.3. The maximum atomic E-state index is 6.25. The van der Waals surface area contributed by atoms with Crippen molar-refractivity contribution in [2.75, 3.05) is 37.7 Å². The van der Waals surface area contributed by atoms with Crippen molar-refractivity contribution in [1.29, 1.82) is 0 Å². The maximum absolute atomic E-state index is 6.25. The largest absolute Gasteiger partial charge is 0.377 e. The first-order valence-electron chi connectivity index (χ1n) is 9.11. The average Bonchev–Trinajstić information content (AvgIpc) is 3.22. The highest BCUT2D eigenvalue weighted by atomic mass is 32.1. The number of hydrogen-bond acceptors (Lipinski definition) is 5. The van der Waals surface area contributed by atoms with Crippen LogP contribution < -0.4 is 10.6 Å². The van der Waals surface area contributed by atoms with Gasteiger partial charge in [-0.15, -0.1) is 11.3 Å². The summed E-state index contributed by atoms with van der Waals surface area (Å²) < 4.78 is 5.68. The summed E-state index contributed by atoms with van der Waals surface area (Å²) in [6.45, 7) is 7.70. The van der Waals surface area contributed by atoms with Gasteiger partial charge in [0.25, 0.3) is 0 Å². The first kappa shape index (κ1) is 18.7. The number of piperazine rings is 1. The Morgan fingerprint density at radius 1 is 1.23 bits per heavy atom. The van der Waals surface area contributed by atoms with Crippen LogP contribution in [-0.4, -0.2) is 48.6 Å². The molecule has 2 N–H and O–H groups in total. The highest BCUT2D eigenvalue weighted by molar-refractivity contribution is 7.13. The van der Waals surface area contributed by atoms with Crippen molar-refractivity contribution >= 4 is 22.4 Å². The van der Waals surface area contributed by atoms with Gasteiger partial charge in [0.15, 0.2) is 11.1 Å².